The molecule has 162 valence electrons. The molecule has 1 heterocycles. The fourth-order valence-electron chi connectivity index (χ4n) is 3.29. The van der Waals surface area contributed by atoms with Gasteiger partial charge in [0.25, 0.3) is 5.91 Å². The number of thiazole rings is 1. The van der Waals surface area contributed by atoms with Crippen LogP contribution < -0.4 is 4.90 Å². The van der Waals surface area contributed by atoms with Gasteiger partial charge in [-0.05, 0) is 63.0 Å². The minimum atomic E-state index is 0. The Bertz CT molecular complexity index is 974. The summed E-state index contributed by atoms with van der Waals surface area (Å²) in [6.45, 7) is 5.84. The number of amides is 1. The molecule has 0 unspecified atom stereocenters. The lowest BCUT2D eigenvalue weighted by Crippen LogP contribution is -2.33. The van der Waals surface area contributed by atoms with Crippen LogP contribution in [0.25, 0.3) is 10.2 Å². The first-order valence-electron chi connectivity index (χ1n) is 10.1. The number of anilines is 1. The number of aromatic nitrogens is 1. The van der Waals surface area contributed by atoms with Crippen LogP contribution >= 0.6 is 35.5 Å². The van der Waals surface area contributed by atoms with E-state index in [2.05, 4.69) is 51.0 Å². The number of fused-ring (bicyclic) bond motifs is 1. The van der Waals surface area contributed by atoms with Crippen LogP contribution in [0.3, 0.4) is 0 Å². The number of halogens is 1. The monoisotopic (exact) mass is 463 g/mol. The van der Waals surface area contributed by atoms with E-state index in [9.17, 15) is 4.79 Å². The van der Waals surface area contributed by atoms with Gasteiger partial charge in [-0.2, -0.15) is 0 Å². The van der Waals surface area contributed by atoms with Gasteiger partial charge < -0.3 is 4.90 Å². The number of benzene rings is 2. The van der Waals surface area contributed by atoms with Crippen molar-refractivity contribution in [3.8, 4) is 0 Å². The normalized spacial score (nSPS) is 11.0. The molecule has 0 N–H and O–H groups in total. The number of carbonyl (C=O) groups excluding carboxylic acids is 1. The molecule has 30 heavy (non-hydrogen) atoms. The molecule has 0 atom stereocenters. The third-order valence-electron chi connectivity index (χ3n) is 4.75. The van der Waals surface area contributed by atoms with Crippen molar-refractivity contribution in [2.24, 2.45) is 0 Å². The maximum Gasteiger partial charge on any atom is 0.261 e. The minimum absolute atomic E-state index is 0. The molecule has 2 aromatic carbocycles. The van der Waals surface area contributed by atoms with Gasteiger partial charge in [-0.1, -0.05) is 49.4 Å². The zero-order chi connectivity index (χ0) is 20.8. The Morgan fingerprint density at radius 2 is 1.83 bits per heavy atom. The Labute approximate surface area is 194 Å². The van der Waals surface area contributed by atoms with Crippen LogP contribution in [0, 0.1) is 0 Å². The predicted octanol–water partition coefficient (Wildman–Crippen LogP) is 5.99. The summed E-state index contributed by atoms with van der Waals surface area (Å²) < 4.78 is 1.14. The van der Waals surface area contributed by atoms with Crippen LogP contribution in [0.4, 0.5) is 5.13 Å². The first-order valence-corrected chi connectivity index (χ1v) is 11.9. The average Bonchev–Trinajstić information content (AvgIpc) is 3.15. The van der Waals surface area contributed by atoms with Gasteiger partial charge in [0.2, 0.25) is 0 Å². The van der Waals surface area contributed by atoms with Gasteiger partial charge in [0.15, 0.2) is 5.13 Å². The zero-order valence-electron chi connectivity index (χ0n) is 18.1. The highest BCUT2D eigenvalue weighted by Crippen LogP contribution is 2.33. The van der Waals surface area contributed by atoms with Crippen molar-refractivity contribution in [1.82, 2.24) is 9.88 Å². The summed E-state index contributed by atoms with van der Waals surface area (Å²) >= 11 is 3.32. The van der Waals surface area contributed by atoms with Crippen molar-refractivity contribution in [2.75, 3.05) is 37.8 Å². The maximum atomic E-state index is 13.6. The molecule has 3 rings (SSSR count). The summed E-state index contributed by atoms with van der Waals surface area (Å²) in [5, 5.41) is 0.793. The first kappa shape index (κ1) is 24.7. The molecule has 0 saturated heterocycles. The highest BCUT2D eigenvalue weighted by atomic mass is 35.5. The Kier molecular flexibility index (Phi) is 9.62. The van der Waals surface area contributed by atoms with Crippen molar-refractivity contribution in [2.45, 2.75) is 31.6 Å². The van der Waals surface area contributed by atoms with Crippen LogP contribution in [0.2, 0.25) is 0 Å². The van der Waals surface area contributed by atoms with E-state index in [1.54, 1.807) is 23.1 Å². The molecule has 0 fully saturated rings. The Balaban J connectivity index is 0.00000320. The first-order chi connectivity index (χ1) is 14.0. The summed E-state index contributed by atoms with van der Waals surface area (Å²) in [6.07, 6.45) is 1.84. The summed E-state index contributed by atoms with van der Waals surface area (Å²) in [7, 11) is 4.12. The van der Waals surface area contributed by atoms with Crippen molar-refractivity contribution in [3.05, 3.63) is 53.6 Å². The van der Waals surface area contributed by atoms with Gasteiger partial charge in [0.05, 0.1) is 15.8 Å². The molecule has 0 radical (unpaired) electrons. The number of hydrogen-bond acceptors (Lipinski definition) is 5. The summed E-state index contributed by atoms with van der Waals surface area (Å²) in [5.74, 6) is 0.976. The maximum absolute atomic E-state index is 13.6. The predicted molar refractivity (Wildman–Crippen MR) is 134 cm³/mol. The Morgan fingerprint density at radius 1 is 1.07 bits per heavy atom. The molecule has 4 nitrogen and oxygen atoms in total. The molecule has 0 spiro atoms. The van der Waals surface area contributed by atoms with E-state index in [0.717, 1.165) is 50.9 Å². The number of aryl methyl sites for hydroxylation is 1. The van der Waals surface area contributed by atoms with Crippen LogP contribution in [-0.2, 0) is 6.42 Å². The number of carbonyl (C=O) groups is 1. The third kappa shape index (κ3) is 5.76. The second-order valence-corrected chi connectivity index (χ2v) is 9.47. The van der Waals surface area contributed by atoms with Gasteiger partial charge in [-0.25, -0.2) is 4.98 Å². The van der Waals surface area contributed by atoms with Crippen molar-refractivity contribution in [1.29, 1.82) is 0 Å². The van der Waals surface area contributed by atoms with Gasteiger partial charge in [-0.3, -0.25) is 9.69 Å². The van der Waals surface area contributed by atoms with Crippen LogP contribution in [0.5, 0.6) is 0 Å². The van der Waals surface area contributed by atoms with Crippen molar-refractivity contribution >= 4 is 56.8 Å². The summed E-state index contributed by atoms with van der Waals surface area (Å²) in [5.41, 5.74) is 3.02. The number of nitrogens with zero attached hydrogens (tertiary/aromatic N) is 3. The third-order valence-corrected chi connectivity index (χ3v) is 6.75. The van der Waals surface area contributed by atoms with Gasteiger partial charge >= 0.3 is 0 Å². The topological polar surface area (TPSA) is 36.4 Å². The number of hydrogen-bond donors (Lipinski definition) is 0. The SMILES string of the molecule is CCSc1ccccc1C(=O)N(CCCN(C)C)c1nc2c(CC)cccc2s1.Cl. The molecule has 0 aliphatic rings. The average molecular weight is 464 g/mol. The number of thioether (sulfide) groups is 1. The zero-order valence-corrected chi connectivity index (χ0v) is 20.5. The van der Waals surface area contributed by atoms with E-state index in [1.807, 2.05) is 29.2 Å². The molecular weight excluding hydrogens is 434 g/mol. The quantitative estimate of drug-likeness (QED) is 0.365. The fraction of sp³-hybridized carbons (Fsp3) is 0.391. The standard InChI is InChI=1S/C23H29N3OS2.ClH/c1-5-17-11-9-14-20-21(17)24-23(29-20)26(16-10-15-25(3)4)22(27)18-12-7-8-13-19(18)28-6-2;/h7-9,11-14H,5-6,10,15-16H2,1-4H3;1H. The fourth-order valence-corrected chi connectivity index (χ4v) is 5.13. The molecule has 1 amide bonds. The van der Waals surface area contributed by atoms with Crippen molar-refractivity contribution in [3.63, 3.8) is 0 Å². The van der Waals surface area contributed by atoms with Crippen LogP contribution in [0.1, 0.15) is 36.2 Å². The summed E-state index contributed by atoms with van der Waals surface area (Å²) in [4.78, 5) is 23.6. The minimum Gasteiger partial charge on any atom is -0.309 e. The molecular formula is C23H30ClN3OS2. The second kappa shape index (κ2) is 11.7. The van der Waals surface area contributed by atoms with Crippen molar-refractivity contribution < 1.29 is 4.79 Å². The van der Waals surface area contributed by atoms with Gasteiger partial charge in [0, 0.05) is 11.4 Å². The van der Waals surface area contributed by atoms with E-state index in [0.29, 0.717) is 6.54 Å². The Morgan fingerprint density at radius 3 is 2.53 bits per heavy atom. The lowest BCUT2D eigenvalue weighted by molar-refractivity contribution is 0.0983. The lowest BCUT2D eigenvalue weighted by Gasteiger charge is -2.22. The smallest absolute Gasteiger partial charge is 0.261 e. The Hall–Kier alpha value is -1.60. The molecule has 0 aliphatic carbocycles. The number of rotatable bonds is 9. The summed E-state index contributed by atoms with van der Waals surface area (Å²) in [6, 6.07) is 14.2. The molecule has 7 heteroatoms. The van der Waals surface area contributed by atoms with Gasteiger partial charge in [0.1, 0.15) is 0 Å². The van der Waals surface area contributed by atoms with E-state index >= 15 is 0 Å². The van der Waals surface area contributed by atoms with Crippen LogP contribution in [-0.4, -0.2) is 48.7 Å². The molecule has 0 saturated carbocycles. The highest BCUT2D eigenvalue weighted by molar-refractivity contribution is 7.99. The van der Waals surface area contributed by atoms with E-state index in [4.69, 9.17) is 4.98 Å². The molecule has 0 aliphatic heterocycles. The van der Waals surface area contributed by atoms with E-state index < -0.39 is 0 Å². The molecule has 1 aromatic heterocycles. The second-order valence-electron chi connectivity index (χ2n) is 7.16. The van der Waals surface area contributed by atoms with E-state index in [1.165, 1.54) is 5.56 Å². The van der Waals surface area contributed by atoms with E-state index in [-0.39, 0.29) is 18.3 Å². The molecule has 0 bridgehead atoms. The van der Waals surface area contributed by atoms with Crippen LogP contribution in [0.15, 0.2) is 47.4 Å². The highest BCUT2D eigenvalue weighted by Gasteiger charge is 2.23. The lowest BCUT2D eigenvalue weighted by atomic mass is 10.1. The molecule has 3 aromatic rings. The largest absolute Gasteiger partial charge is 0.309 e. The number of para-hydroxylation sites is 1. The van der Waals surface area contributed by atoms with Gasteiger partial charge in [-0.15, -0.1) is 24.2 Å².